The molecule has 1 fully saturated rings. The Labute approximate surface area is 139 Å². The van der Waals surface area contributed by atoms with Crippen molar-refractivity contribution in [2.24, 2.45) is 5.92 Å². The van der Waals surface area contributed by atoms with E-state index in [-0.39, 0.29) is 12.3 Å². The summed E-state index contributed by atoms with van der Waals surface area (Å²) in [6.07, 6.45) is 5.86. The molecule has 1 aromatic carbocycles. The van der Waals surface area contributed by atoms with Crippen molar-refractivity contribution in [1.82, 2.24) is 0 Å². The smallest absolute Gasteiger partial charge is 0.311 e. The largest absolute Gasteiger partial charge is 0.427 e. The fourth-order valence-electron chi connectivity index (χ4n) is 2.66. The maximum atomic E-state index is 11.5. The van der Waals surface area contributed by atoms with Gasteiger partial charge >= 0.3 is 5.97 Å². The molecule has 128 valence electrons. The highest BCUT2D eigenvalue weighted by atomic mass is 16.7. The van der Waals surface area contributed by atoms with Gasteiger partial charge in [0.25, 0.3) is 0 Å². The van der Waals surface area contributed by atoms with Gasteiger partial charge in [-0.25, -0.2) is 0 Å². The second kappa shape index (κ2) is 9.68. The summed E-state index contributed by atoms with van der Waals surface area (Å²) in [6.45, 7) is 5.67. The quantitative estimate of drug-likeness (QED) is 0.398. The predicted octanol–water partition coefficient (Wildman–Crippen LogP) is 4.63. The monoisotopic (exact) mass is 320 g/mol. The molecule has 0 radical (unpaired) electrons. The summed E-state index contributed by atoms with van der Waals surface area (Å²) >= 11 is 0. The van der Waals surface area contributed by atoms with Crippen molar-refractivity contribution in [3.05, 3.63) is 29.8 Å². The van der Waals surface area contributed by atoms with Crippen LogP contribution < -0.4 is 4.74 Å². The highest BCUT2D eigenvalue weighted by Gasteiger charge is 2.23. The minimum atomic E-state index is -0.308. The van der Waals surface area contributed by atoms with Gasteiger partial charge in [-0.15, -0.1) is 0 Å². The van der Waals surface area contributed by atoms with Crippen LogP contribution in [0.2, 0.25) is 0 Å². The molecule has 1 aliphatic rings. The number of carbonyl (C=O) groups excluding carboxylic acids is 1. The first-order valence-corrected chi connectivity index (χ1v) is 8.76. The predicted molar refractivity (Wildman–Crippen MR) is 89.3 cm³/mol. The summed E-state index contributed by atoms with van der Waals surface area (Å²) in [5.41, 5.74) is 0.965. The molecule has 1 aromatic rings. The van der Waals surface area contributed by atoms with Gasteiger partial charge in [0.15, 0.2) is 6.29 Å². The van der Waals surface area contributed by atoms with Gasteiger partial charge in [-0.2, -0.15) is 0 Å². The van der Waals surface area contributed by atoms with Crippen LogP contribution >= 0.6 is 0 Å². The Morgan fingerprint density at radius 2 is 1.78 bits per heavy atom. The van der Waals surface area contributed by atoms with Crippen molar-refractivity contribution >= 4 is 5.97 Å². The molecule has 0 atom stereocenters. The Bertz CT molecular complexity index is 461. The van der Waals surface area contributed by atoms with Crippen LogP contribution in [-0.2, 0) is 14.3 Å². The number of unbranched alkanes of at least 4 members (excludes halogenated alkanes) is 2. The number of carbonyl (C=O) groups is 1. The third kappa shape index (κ3) is 5.96. The molecule has 1 saturated heterocycles. The zero-order valence-corrected chi connectivity index (χ0v) is 14.3. The lowest BCUT2D eigenvalue weighted by Gasteiger charge is -2.29. The van der Waals surface area contributed by atoms with Crippen LogP contribution in [0, 0.1) is 5.92 Å². The molecule has 0 unspecified atom stereocenters. The van der Waals surface area contributed by atoms with Gasteiger partial charge in [0.05, 0.1) is 13.2 Å². The van der Waals surface area contributed by atoms with Crippen molar-refractivity contribution in [2.75, 3.05) is 13.2 Å². The Kier molecular flexibility index (Phi) is 7.56. The van der Waals surface area contributed by atoms with E-state index in [9.17, 15) is 4.79 Å². The fourth-order valence-corrected chi connectivity index (χ4v) is 2.66. The molecule has 4 heteroatoms. The summed E-state index contributed by atoms with van der Waals surface area (Å²) in [5.74, 6) is 0.882. The Morgan fingerprint density at radius 3 is 2.39 bits per heavy atom. The number of hydrogen-bond acceptors (Lipinski definition) is 4. The van der Waals surface area contributed by atoms with Crippen LogP contribution in [0.3, 0.4) is 0 Å². The molecule has 0 aliphatic carbocycles. The van der Waals surface area contributed by atoms with Crippen LogP contribution in [0.1, 0.15) is 64.2 Å². The van der Waals surface area contributed by atoms with E-state index in [4.69, 9.17) is 14.2 Å². The molecule has 0 amide bonds. The zero-order valence-electron chi connectivity index (χ0n) is 14.3. The van der Waals surface area contributed by atoms with Gasteiger partial charge in [0, 0.05) is 17.9 Å². The van der Waals surface area contributed by atoms with E-state index in [1.165, 1.54) is 25.7 Å². The lowest BCUT2D eigenvalue weighted by atomic mass is 10.0. The average Bonchev–Trinajstić information content (AvgIpc) is 2.57. The summed E-state index contributed by atoms with van der Waals surface area (Å²) in [6, 6.07) is 7.39. The first-order valence-electron chi connectivity index (χ1n) is 8.76. The summed E-state index contributed by atoms with van der Waals surface area (Å²) in [7, 11) is 0. The molecule has 2 rings (SSSR count). The van der Waals surface area contributed by atoms with Crippen LogP contribution in [0.4, 0.5) is 0 Å². The summed E-state index contributed by atoms with van der Waals surface area (Å²) in [5, 5.41) is 0. The average molecular weight is 320 g/mol. The number of esters is 1. The molecule has 0 N–H and O–H groups in total. The van der Waals surface area contributed by atoms with E-state index in [2.05, 4.69) is 6.92 Å². The van der Waals surface area contributed by atoms with Crippen molar-refractivity contribution in [3.63, 3.8) is 0 Å². The lowest BCUT2D eigenvalue weighted by Crippen LogP contribution is -2.27. The van der Waals surface area contributed by atoms with Gasteiger partial charge in [0.2, 0.25) is 0 Å². The third-order valence-electron chi connectivity index (χ3n) is 4.02. The number of rotatable bonds is 8. The van der Waals surface area contributed by atoms with Gasteiger partial charge < -0.3 is 14.2 Å². The first-order chi connectivity index (χ1) is 11.2. The van der Waals surface area contributed by atoms with Crippen molar-refractivity contribution in [1.29, 1.82) is 0 Å². The maximum Gasteiger partial charge on any atom is 0.311 e. The van der Waals surface area contributed by atoms with Crippen LogP contribution in [0.5, 0.6) is 5.75 Å². The third-order valence-corrected chi connectivity index (χ3v) is 4.02. The highest BCUT2D eigenvalue weighted by Crippen LogP contribution is 2.28. The van der Waals surface area contributed by atoms with Gasteiger partial charge in [0.1, 0.15) is 5.75 Å². The Hall–Kier alpha value is -1.39. The van der Waals surface area contributed by atoms with E-state index in [1.807, 2.05) is 19.1 Å². The second-order valence-corrected chi connectivity index (χ2v) is 6.15. The minimum Gasteiger partial charge on any atom is -0.427 e. The summed E-state index contributed by atoms with van der Waals surface area (Å²) in [4.78, 5) is 11.5. The Morgan fingerprint density at radius 1 is 1.09 bits per heavy atom. The highest BCUT2D eigenvalue weighted by molar-refractivity contribution is 5.72. The molecule has 0 saturated carbocycles. The second-order valence-electron chi connectivity index (χ2n) is 6.15. The van der Waals surface area contributed by atoms with E-state index in [0.29, 0.717) is 18.1 Å². The van der Waals surface area contributed by atoms with Crippen LogP contribution in [0.25, 0.3) is 0 Å². The molecular formula is C19H28O4. The minimum absolute atomic E-state index is 0.194. The normalized spacial score (nSPS) is 21.1. The van der Waals surface area contributed by atoms with Crippen molar-refractivity contribution < 1.29 is 19.0 Å². The first kappa shape index (κ1) is 18.0. The standard InChI is InChI=1S/C19H28O4/c1-3-5-6-8-15-13-21-19(22-14-15)16-9-11-17(12-10-16)23-18(20)7-4-2/h9-12,15,19H,3-8,13-14H2,1-2H3. The van der Waals surface area contributed by atoms with E-state index >= 15 is 0 Å². The number of hydrogen-bond donors (Lipinski definition) is 0. The molecular weight excluding hydrogens is 292 g/mol. The molecule has 0 aromatic heterocycles. The lowest BCUT2D eigenvalue weighted by molar-refractivity contribution is -0.206. The fraction of sp³-hybridized carbons (Fsp3) is 0.632. The molecule has 23 heavy (non-hydrogen) atoms. The van der Waals surface area contributed by atoms with Gasteiger partial charge in [-0.1, -0.05) is 45.2 Å². The molecule has 1 aliphatic heterocycles. The topological polar surface area (TPSA) is 44.8 Å². The van der Waals surface area contributed by atoms with Crippen molar-refractivity contribution in [3.8, 4) is 5.75 Å². The van der Waals surface area contributed by atoms with Crippen LogP contribution in [-0.4, -0.2) is 19.2 Å². The summed E-state index contributed by atoms with van der Waals surface area (Å²) < 4.78 is 16.9. The number of ether oxygens (including phenoxy) is 3. The van der Waals surface area contributed by atoms with Gasteiger partial charge in [-0.05, 0) is 25.0 Å². The number of benzene rings is 1. The van der Waals surface area contributed by atoms with E-state index in [0.717, 1.165) is 25.2 Å². The molecule has 0 bridgehead atoms. The van der Waals surface area contributed by atoms with E-state index in [1.54, 1.807) is 12.1 Å². The molecule has 0 spiro atoms. The molecule has 4 nitrogen and oxygen atoms in total. The maximum absolute atomic E-state index is 11.5. The zero-order chi connectivity index (χ0) is 16.5. The van der Waals surface area contributed by atoms with E-state index < -0.39 is 0 Å². The van der Waals surface area contributed by atoms with Gasteiger partial charge in [-0.3, -0.25) is 4.79 Å². The molecule has 1 heterocycles. The van der Waals surface area contributed by atoms with Crippen LogP contribution in [0.15, 0.2) is 24.3 Å². The van der Waals surface area contributed by atoms with Crippen molar-refractivity contribution in [2.45, 2.75) is 58.7 Å². The Balaban J connectivity index is 1.78. The SMILES string of the molecule is CCCCCC1COC(c2ccc(OC(=O)CCC)cc2)OC1.